The lowest BCUT2D eigenvalue weighted by atomic mass is 9.81. The summed E-state index contributed by atoms with van der Waals surface area (Å²) < 4.78 is 3.28. The van der Waals surface area contributed by atoms with Crippen molar-refractivity contribution in [2.45, 2.75) is 24.0 Å². The first kappa shape index (κ1) is 12.2. The van der Waals surface area contributed by atoms with E-state index in [4.69, 9.17) is 5.26 Å². The van der Waals surface area contributed by atoms with E-state index in [2.05, 4.69) is 16.0 Å². The highest BCUT2D eigenvalue weighted by atomic mass is 32.2. The summed E-state index contributed by atoms with van der Waals surface area (Å²) in [4.78, 5) is 20.9. The molecular formula is C12H13N5OS. The first-order valence-corrected chi connectivity index (χ1v) is 7.25. The average molecular weight is 275 g/mol. The van der Waals surface area contributed by atoms with Crippen LogP contribution in [0.4, 0.5) is 0 Å². The molecule has 0 bridgehead atoms. The topological polar surface area (TPSA) is 76.5 Å². The Morgan fingerprint density at radius 3 is 2.89 bits per heavy atom. The van der Waals surface area contributed by atoms with Crippen LogP contribution in [0.2, 0.25) is 0 Å². The second-order valence-corrected chi connectivity index (χ2v) is 5.50. The number of hydrogen-bond acceptors (Lipinski definition) is 5. The highest BCUT2D eigenvalue weighted by Gasteiger charge is 2.33. The van der Waals surface area contributed by atoms with E-state index in [-0.39, 0.29) is 17.6 Å². The molecule has 2 aromatic heterocycles. The quantitative estimate of drug-likeness (QED) is 0.610. The molecule has 98 valence electrons. The van der Waals surface area contributed by atoms with Gasteiger partial charge in [0.15, 0.2) is 10.8 Å². The van der Waals surface area contributed by atoms with Crippen LogP contribution in [-0.2, 0) is 7.05 Å². The van der Waals surface area contributed by atoms with Gasteiger partial charge in [-0.25, -0.2) is 14.8 Å². The van der Waals surface area contributed by atoms with Crippen molar-refractivity contribution < 1.29 is 0 Å². The summed E-state index contributed by atoms with van der Waals surface area (Å²) in [5.41, 5.74) is 1.33. The van der Waals surface area contributed by atoms with E-state index in [9.17, 15) is 4.79 Å². The van der Waals surface area contributed by atoms with Crippen LogP contribution in [0.5, 0.6) is 0 Å². The summed E-state index contributed by atoms with van der Waals surface area (Å²) in [5.74, 6) is 0.0639. The summed E-state index contributed by atoms with van der Waals surface area (Å²) in [6.07, 6.45) is 5.05. The minimum Gasteiger partial charge on any atom is -0.292 e. The molecule has 1 aliphatic carbocycles. The smallest absolute Gasteiger partial charge is 0.292 e. The average Bonchev–Trinajstić information content (AvgIpc) is 2.62. The van der Waals surface area contributed by atoms with E-state index in [0.717, 1.165) is 18.4 Å². The van der Waals surface area contributed by atoms with Gasteiger partial charge in [-0.3, -0.25) is 9.13 Å². The number of aromatic nitrogens is 4. The monoisotopic (exact) mass is 275 g/mol. The summed E-state index contributed by atoms with van der Waals surface area (Å²) in [6.45, 7) is 0. The molecule has 6 nitrogen and oxygen atoms in total. The largest absolute Gasteiger partial charge is 0.330 e. The predicted molar refractivity (Wildman–Crippen MR) is 71.9 cm³/mol. The Bertz CT molecular complexity index is 735. The normalized spacial score (nSPS) is 22.2. The van der Waals surface area contributed by atoms with E-state index in [1.165, 1.54) is 11.8 Å². The number of imidazole rings is 1. The molecular weight excluding hydrogens is 262 g/mol. The summed E-state index contributed by atoms with van der Waals surface area (Å²) in [6, 6.07) is 2.33. The maximum atomic E-state index is 12.3. The Balaban J connectivity index is 2.15. The maximum Gasteiger partial charge on any atom is 0.330 e. The molecule has 0 N–H and O–H groups in total. The van der Waals surface area contributed by atoms with Crippen LogP contribution in [0.25, 0.3) is 11.2 Å². The van der Waals surface area contributed by atoms with Crippen molar-refractivity contribution in [2.75, 3.05) is 6.26 Å². The Hall–Kier alpha value is -1.81. The molecule has 0 radical (unpaired) electrons. The second kappa shape index (κ2) is 4.38. The lowest BCUT2D eigenvalue weighted by molar-refractivity contribution is 0.246. The van der Waals surface area contributed by atoms with Gasteiger partial charge in [0, 0.05) is 13.1 Å². The molecule has 0 spiro atoms. The number of thioether (sulfide) groups is 1. The van der Waals surface area contributed by atoms with Gasteiger partial charge in [0.05, 0.1) is 18.2 Å². The van der Waals surface area contributed by atoms with Crippen LogP contribution in [0.1, 0.15) is 18.9 Å². The molecule has 0 unspecified atom stereocenters. The molecule has 1 saturated carbocycles. The fraction of sp³-hybridized carbons (Fsp3) is 0.500. The molecule has 7 heteroatoms. The minimum absolute atomic E-state index is 0.0639. The van der Waals surface area contributed by atoms with Gasteiger partial charge in [0.1, 0.15) is 5.52 Å². The van der Waals surface area contributed by atoms with Crippen LogP contribution < -0.4 is 5.69 Å². The Morgan fingerprint density at radius 1 is 1.53 bits per heavy atom. The van der Waals surface area contributed by atoms with Crippen molar-refractivity contribution in [3.05, 3.63) is 16.7 Å². The number of fused-ring (bicyclic) bond motifs is 1. The number of hydrogen-bond donors (Lipinski definition) is 0. The van der Waals surface area contributed by atoms with Gasteiger partial charge in [0.25, 0.3) is 0 Å². The molecule has 2 aromatic rings. The number of nitriles is 1. The molecule has 1 fully saturated rings. The zero-order valence-electron chi connectivity index (χ0n) is 10.7. The highest BCUT2D eigenvalue weighted by Crippen LogP contribution is 2.37. The maximum absolute atomic E-state index is 12.3. The van der Waals surface area contributed by atoms with Crippen LogP contribution in [-0.4, -0.2) is 25.4 Å². The van der Waals surface area contributed by atoms with E-state index >= 15 is 0 Å². The summed E-state index contributed by atoms with van der Waals surface area (Å²) in [5, 5.41) is 9.50. The van der Waals surface area contributed by atoms with Gasteiger partial charge in [-0.15, -0.1) is 0 Å². The molecule has 0 amide bonds. The van der Waals surface area contributed by atoms with Crippen molar-refractivity contribution in [1.29, 1.82) is 5.26 Å². The van der Waals surface area contributed by atoms with E-state index in [1.807, 2.05) is 6.26 Å². The van der Waals surface area contributed by atoms with Crippen molar-refractivity contribution in [3.63, 3.8) is 0 Å². The third kappa shape index (κ3) is 1.75. The lowest BCUT2D eigenvalue weighted by Gasteiger charge is -2.31. The van der Waals surface area contributed by atoms with Crippen molar-refractivity contribution in [3.8, 4) is 6.07 Å². The Kier molecular flexibility index (Phi) is 2.82. The zero-order valence-corrected chi connectivity index (χ0v) is 11.5. The van der Waals surface area contributed by atoms with Gasteiger partial charge in [-0.2, -0.15) is 5.26 Å². The predicted octanol–water partition coefficient (Wildman–Crippen LogP) is 1.33. The number of nitrogens with zero attached hydrogens (tertiary/aromatic N) is 5. The molecule has 1 aliphatic rings. The van der Waals surface area contributed by atoms with Crippen LogP contribution in [0.3, 0.4) is 0 Å². The van der Waals surface area contributed by atoms with Gasteiger partial charge in [0.2, 0.25) is 0 Å². The van der Waals surface area contributed by atoms with Crippen LogP contribution in [0, 0.1) is 17.2 Å². The van der Waals surface area contributed by atoms with E-state index < -0.39 is 0 Å². The molecule has 0 aromatic carbocycles. The van der Waals surface area contributed by atoms with Crippen molar-refractivity contribution >= 4 is 22.9 Å². The first-order valence-electron chi connectivity index (χ1n) is 6.03. The summed E-state index contributed by atoms with van der Waals surface area (Å²) in [7, 11) is 1.73. The molecule has 0 saturated heterocycles. The fourth-order valence-corrected chi connectivity index (χ4v) is 2.79. The van der Waals surface area contributed by atoms with Gasteiger partial charge in [-0.1, -0.05) is 11.8 Å². The Morgan fingerprint density at radius 2 is 2.26 bits per heavy atom. The van der Waals surface area contributed by atoms with E-state index in [0.29, 0.717) is 10.8 Å². The molecule has 19 heavy (non-hydrogen) atoms. The lowest BCUT2D eigenvalue weighted by Crippen LogP contribution is -2.33. The first-order chi connectivity index (χ1) is 9.15. The highest BCUT2D eigenvalue weighted by molar-refractivity contribution is 7.98. The Labute approximate surface area is 114 Å². The zero-order chi connectivity index (χ0) is 13.6. The van der Waals surface area contributed by atoms with Gasteiger partial charge in [-0.05, 0) is 19.1 Å². The molecule has 0 atom stereocenters. The standard InChI is InChI=1S/C12H13N5OS/c1-16-9-6-14-11(19-2)15-10(9)17(12(16)18)8-3-7(4-8)5-13/h6-8H,3-4H2,1-2H3. The number of rotatable bonds is 2. The SMILES string of the molecule is CSc1ncc2c(n1)n(C1CC(C#N)C1)c(=O)n2C. The molecule has 2 heterocycles. The minimum atomic E-state index is -0.0797. The van der Waals surface area contributed by atoms with Crippen LogP contribution in [0.15, 0.2) is 16.1 Å². The van der Waals surface area contributed by atoms with Crippen molar-refractivity contribution in [2.24, 2.45) is 13.0 Å². The molecule has 0 aliphatic heterocycles. The van der Waals surface area contributed by atoms with E-state index in [1.54, 1.807) is 22.4 Å². The third-order valence-electron chi connectivity index (χ3n) is 3.65. The number of aryl methyl sites for hydroxylation is 1. The molecule has 3 rings (SSSR count). The fourth-order valence-electron chi connectivity index (χ4n) is 2.45. The van der Waals surface area contributed by atoms with Gasteiger partial charge >= 0.3 is 5.69 Å². The third-order valence-corrected chi connectivity index (χ3v) is 4.22. The second-order valence-electron chi connectivity index (χ2n) is 4.73. The summed E-state index contributed by atoms with van der Waals surface area (Å²) >= 11 is 1.45. The van der Waals surface area contributed by atoms with Gasteiger partial charge < -0.3 is 0 Å². The van der Waals surface area contributed by atoms with Crippen molar-refractivity contribution in [1.82, 2.24) is 19.1 Å². The van der Waals surface area contributed by atoms with Crippen LogP contribution >= 0.6 is 11.8 Å².